The molecule has 2 N–H and O–H groups in total. The first-order valence-corrected chi connectivity index (χ1v) is 6.44. The molecule has 19 heavy (non-hydrogen) atoms. The van der Waals surface area contributed by atoms with Gasteiger partial charge in [0.1, 0.15) is 0 Å². The summed E-state index contributed by atoms with van der Waals surface area (Å²) in [4.78, 5) is 2.43. The molecule has 0 amide bonds. The van der Waals surface area contributed by atoms with Crippen molar-refractivity contribution in [1.82, 2.24) is 4.90 Å². The molecule has 0 aromatic heterocycles. The van der Waals surface area contributed by atoms with E-state index in [2.05, 4.69) is 11.0 Å². The summed E-state index contributed by atoms with van der Waals surface area (Å²) in [5.74, 6) is 1.63. The van der Waals surface area contributed by atoms with Crippen molar-refractivity contribution in [2.75, 3.05) is 27.3 Å². The van der Waals surface area contributed by atoms with Gasteiger partial charge in [-0.05, 0) is 25.5 Å². The lowest BCUT2D eigenvalue weighted by Gasteiger charge is -2.24. The van der Waals surface area contributed by atoms with Crippen molar-refractivity contribution < 1.29 is 9.47 Å². The number of para-hydroxylation sites is 1. The van der Waals surface area contributed by atoms with Crippen LogP contribution in [0.5, 0.6) is 11.5 Å². The zero-order chi connectivity index (χ0) is 13.0. The Morgan fingerprint density at radius 3 is 2.74 bits per heavy atom. The molecule has 1 aromatic rings. The van der Waals surface area contributed by atoms with Crippen molar-refractivity contribution in [3.05, 3.63) is 23.8 Å². The average Bonchev–Trinajstić information content (AvgIpc) is 2.85. The molecule has 5 heteroatoms. The average molecular weight is 287 g/mol. The Hall–Kier alpha value is -0.970. The third-order valence-electron chi connectivity index (χ3n) is 3.63. The predicted molar refractivity (Wildman–Crippen MR) is 79.3 cm³/mol. The Morgan fingerprint density at radius 2 is 2.11 bits per heavy atom. The quantitative estimate of drug-likeness (QED) is 0.900. The first-order chi connectivity index (χ1) is 8.80. The van der Waals surface area contributed by atoms with E-state index in [1.807, 2.05) is 12.1 Å². The van der Waals surface area contributed by atoms with E-state index in [1.54, 1.807) is 14.2 Å². The lowest BCUT2D eigenvalue weighted by molar-refractivity contribution is 0.245. The van der Waals surface area contributed by atoms with E-state index in [1.165, 1.54) is 12.8 Å². The maximum absolute atomic E-state index is 5.81. The SMILES string of the molecule is COc1cccc(CN2CCCC2CN)c1OC.Cl. The van der Waals surface area contributed by atoms with Gasteiger partial charge in [0.15, 0.2) is 11.5 Å². The van der Waals surface area contributed by atoms with Crippen molar-refractivity contribution >= 4 is 12.4 Å². The first-order valence-electron chi connectivity index (χ1n) is 6.44. The number of ether oxygens (including phenoxy) is 2. The summed E-state index contributed by atoms with van der Waals surface area (Å²) in [6.45, 7) is 2.72. The van der Waals surface area contributed by atoms with Crippen LogP contribution in [0.4, 0.5) is 0 Å². The minimum absolute atomic E-state index is 0. The molecular weight excluding hydrogens is 264 g/mol. The van der Waals surface area contributed by atoms with Crippen LogP contribution >= 0.6 is 12.4 Å². The largest absolute Gasteiger partial charge is 0.493 e. The number of benzene rings is 1. The van der Waals surface area contributed by atoms with Crippen LogP contribution in [0, 0.1) is 0 Å². The molecule has 1 aliphatic rings. The van der Waals surface area contributed by atoms with Gasteiger partial charge in [0.25, 0.3) is 0 Å². The first kappa shape index (κ1) is 16.1. The van der Waals surface area contributed by atoms with Crippen molar-refractivity contribution in [3.63, 3.8) is 0 Å². The van der Waals surface area contributed by atoms with Gasteiger partial charge in [-0.25, -0.2) is 0 Å². The highest BCUT2D eigenvalue weighted by Crippen LogP contribution is 2.32. The van der Waals surface area contributed by atoms with Crippen LogP contribution in [-0.2, 0) is 6.54 Å². The van der Waals surface area contributed by atoms with Gasteiger partial charge in [0.05, 0.1) is 14.2 Å². The molecule has 0 radical (unpaired) electrons. The summed E-state index contributed by atoms with van der Waals surface area (Å²) < 4.78 is 10.8. The second kappa shape index (κ2) is 7.58. The van der Waals surface area contributed by atoms with Gasteiger partial charge in [-0.2, -0.15) is 0 Å². The fraction of sp³-hybridized carbons (Fsp3) is 0.571. The van der Waals surface area contributed by atoms with Crippen LogP contribution in [0.3, 0.4) is 0 Å². The van der Waals surface area contributed by atoms with Gasteiger partial charge < -0.3 is 15.2 Å². The van der Waals surface area contributed by atoms with Crippen LogP contribution in [0.1, 0.15) is 18.4 Å². The standard InChI is InChI=1S/C14H22N2O2.ClH/c1-17-13-7-3-5-11(14(13)18-2)10-16-8-4-6-12(16)9-15;/h3,5,7,12H,4,6,8-10,15H2,1-2H3;1H. The molecule has 1 unspecified atom stereocenters. The molecule has 1 heterocycles. The number of nitrogens with zero attached hydrogens (tertiary/aromatic N) is 1. The molecular formula is C14H23ClN2O2. The third kappa shape index (κ3) is 3.53. The van der Waals surface area contributed by atoms with E-state index in [4.69, 9.17) is 15.2 Å². The summed E-state index contributed by atoms with van der Waals surface area (Å²) in [5.41, 5.74) is 6.97. The second-order valence-electron chi connectivity index (χ2n) is 4.65. The molecule has 1 aromatic carbocycles. The molecule has 0 bridgehead atoms. The fourth-order valence-electron chi connectivity index (χ4n) is 2.67. The zero-order valence-electron chi connectivity index (χ0n) is 11.6. The van der Waals surface area contributed by atoms with E-state index in [-0.39, 0.29) is 12.4 Å². The summed E-state index contributed by atoms with van der Waals surface area (Å²) in [5, 5.41) is 0. The van der Waals surface area contributed by atoms with Crippen LogP contribution in [0.15, 0.2) is 18.2 Å². The number of likely N-dealkylation sites (tertiary alicyclic amines) is 1. The van der Waals surface area contributed by atoms with Crippen molar-refractivity contribution in [3.8, 4) is 11.5 Å². The number of hydrogen-bond acceptors (Lipinski definition) is 4. The highest BCUT2D eigenvalue weighted by molar-refractivity contribution is 5.85. The van der Waals surface area contributed by atoms with Crippen LogP contribution in [0.2, 0.25) is 0 Å². The minimum Gasteiger partial charge on any atom is -0.493 e. The molecule has 1 fully saturated rings. The Morgan fingerprint density at radius 1 is 1.32 bits per heavy atom. The highest BCUT2D eigenvalue weighted by Gasteiger charge is 2.24. The Balaban J connectivity index is 0.00000180. The number of hydrogen-bond donors (Lipinski definition) is 1. The molecule has 1 aliphatic heterocycles. The van der Waals surface area contributed by atoms with Gasteiger partial charge >= 0.3 is 0 Å². The van der Waals surface area contributed by atoms with E-state index >= 15 is 0 Å². The molecule has 0 saturated carbocycles. The van der Waals surface area contributed by atoms with Gasteiger partial charge in [-0.1, -0.05) is 12.1 Å². The zero-order valence-corrected chi connectivity index (χ0v) is 12.4. The topological polar surface area (TPSA) is 47.7 Å². The summed E-state index contributed by atoms with van der Waals surface area (Å²) in [6, 6.07) is 6.52. The summed E-state index contributed by atoms with van der Waals surface area (Å²) in [6.07, 6.45) is 2.43. The number of nitrogens with two attached hydrogens (primary N) is 1. The molecule has 108 valence electrons. The summed E-state index contributed by atoms with van der Waals surface area (Å²) >= 11 is 0. The minimum atomic E-state index is 0. The van der Waals surface area contributed by atoms with E-state index in [0.717, 1.165) is 36.7 Å². The third-order valence-corrected chi connectivity index (χ3v) is 3.63. The van der Waals surface area contributed by atoms with Crippen molar-refractivity contribution in [2.24, 2.45) is 5.73 Å². The van der Waals surface area contributed by atoms with E-state index < -0.39 is 0 Å². The van der Waals surface area contributed by atoms with Gasteiger partial charge in [-0.3, -0.25) is 4.90 Å². The Bertz CT molecular complexity index is 401. The maximum atomic E-state index is 5.81. The molecule has 0 aliphatic carbocycles. The van der Waals surface area contributed by atoms with Crippen LogP contribution in [-0.4, -0.2) is 38.3 Å². The van der Waals surface area contributed by atoms with Crippen LogP contribution < -0.4 is 15.2 Å². The van der Waals surface area contributed by atoms with Gasteiger partial charge in [-0.15, -0.1) is 12.4 Å². The monoisotopic (exact) mass is 286 g/mol. The Kier molecular flexibility index (Phi) is 6.42. The van der Waals surface area contributed by atoms with Gasteiger partial charge in [0.2, 0.25) is 0 Å². The molecule has 1 saturated heterocycles. The maximum Gasteiger partial charge on any atom is 0.165 e. The van der Waals surface area contributed by atoms with Crippen LogP contribution in [0.25, 0.3) is 0 Å². The molecule has 1 atom stereocenters. The fourth-order valence-corrected chi connectivity index (χ4v) is 2.67. The smallest absolute Gasteiger partial charge is 0.165 e. The van der Waals surface area contributed by atoms with Crippen molar-refractivity contribution in [2.45, 2.75) is 25.4 Å². The molecule has 4 nitrogen and oxygen atoms in total. The summed E-state index contributed by atoms with van der Waals surface area (Å²) in [7, 11) is 3.35. The number of methoxy groups -OCH3 is 2. The highest BCUT2D eigenvalue weighted by atomic mass is 35.5. The number of rotatable bonds is 5. The molecule has 2 rings (SSSR count). The molecule has 0 spiro atoms. The van der Waals surface area contributed by atoms with E-state index in [9.17, 15) is 0 Å². The lowest BCUT2D eigenvalue weighted by Crippen LogP contribution is -2.34. The lowest BCUT2D eigenvalue weighted by atomic mass is 10.1. The predicted octanol–water partition coefficient (Wildman–Crippen LogP) is 2.05. The van der Waals surface area contributed by atoms with Crippen molar-refractivity contribution in [1.29, 1.82) is 0 Å². The normalized spacial score (nSPS) is 19.0. The van der Waals surface area contributed by atoms with Gasteiger partial charge in [0, 0.05) is 24.7 Å². The second-order valence-corrected chi connectivity index (χ2v) is 4.65. The number of halogens is 1. The Labute approximate surface area is 121 Å². The van der Waals surface area contributed by atoms with E-state index in [0.29, 0.717) is 6.04 Å².